The molecular weight excluding hydrogens is 376 g/mol. The molecule has 8 nitrogen and oxygen atoms in total. The zero-order valence-electron chi connectivity index (χ0n) is 17.1. The molecule has 8 heteroatoms. The molecule has 0 amide bonds. The SMILES string of the molecule is CCn1cc(-c2cc3c(cn2)cnn3-c2cccc(N[C@H]3CCCCNC3)n2)cn1. The average molecular weight is 403 g/mol. The van der Waals surface area contributed by atoms with Gasteiger partial charge in [0.05, 0.1) is 23.6 Å². The van der Waals surface area contributed by atoms with E-state index in [0.29, 0.717) is 6.04 Å². The summed E-state index contributed by atoms with van der Waals surface area (Å²) in [5.74, 6) is 1.67. The highest BCUT2D eigenvalue weighted by molar-refractivity contribution is 5.83. The largest absolute Gasteiger partial charge is 0.366 e. The number of fused-ring (bicyclic) bond motifs is 1. The fraction of sp³-hybridized carbons (Fsp3) is 0.364. The second kappa shape index (κ2) is 8.23. The van der Waals surface area contributed by atoms with Crippen LogP contribution in [-0.2, 0) is 6.54 Å². The fourth-order valence-corrected chi connectivity index (χ4v) is 3.90. The smallest absolute Gasteiger partial charge is 0.156 e. The number of rotatable bonds is 5. The highest BCUT2D eigenvalue weighted by Crippen LogP contribution is 2.24. The van der Waals surface area contributed by atoms with Crippen LogP contribution in [0.25, 0.3) is 28.0 Å². The molecule has 1 aliphatic heterocycles. The Balaban J connectivity index is 1.46. The molecule has 4 aromatic heterocycles. The van der Waals surface area contributed by atoms with Crippen LogP contribution in [-0.4, -0.2) is 48.7 Å². The molecule has 0 radical (unpaired) electrons. The first-order valence-corrected chi connectivity index (χ1v) is 10.6. The van der Waals surface area contributed by atoms with E-state index in [1.165, 1.54) is 12.8 Å². The number of aromatic nitrogens is 6. The van der Waals surface area contributed by atoms with E-state index < -0.39 is 0 Å². The topological polar surface area (TPSA) is 85.5 Å². The van der Waals surface area contributed by atoms with Gasteiger partial charge in [-0.25, -0.2) is 9.67 Å². The monoisotopic (exact) mass is 402 g/mol. The molecule has 0 spiro atoms. The predicted octanol–water partition coefficient (Wildman–Crippen LogP) is 3.25. The first kappa shape index (κ1) is 18.7. The number of anilines is 1. The molecule has 0 unspecified atom stereocenters. The molecular formula is C22H26N8. The molecule has 2 N–H and O–H groups in total. The predicted molar refractivity (Wildman–Crippen MR) is 118 cm³/mol. The van der Waals surface area contributed by atoms with Crippen LogP contribution >= 0.6 is 0 Å². The van der Waals surface area contributed by atoms with Crippen LogP contribution in [0.2, 0.25) is 0 Å². The third kappa shape index (κ3) is 3.78. The van der Waals surface area contributed by atoms with Crippen molar-refractivity contribution in [1.29, 1.82) is 0 Å². The van der Waals surface area contributed by atoms with Crippen LogP contribution in [0.1, 0.15) is 26.2 Å². The summed E-state index contributed by atoms with van der Waals surface area (Å²) in [6, 6.07) is 8.48. The Morgan fingerprint density at radius 1 is 1.17 bits per heavy atom. The van der Waals surface area contributed by atoms with Crippen LogP contribution in [0.15, 0.2) is 49.1 Å². The van der Waals surface area contributed by atoms with Crippen LogP contribution < -0.4 is 10.6 Å². The lowest BCUT2D eigenvalue weighted by Gasteiger charge is -2.17. The molecule has 1 saturated heterocycles. The van der Waals surface area contributed by atoms with Gasteiger partial charge in [0.25, 0.3) is 0 Å². The summed E-state index contributed by atoms with van der Waals surface area (Å²) in [4.78, 5) is 9.42. The van der Waals surface area contributed by atoms with Crippen molar-refractivity contribution in [1.82, 2.24) is 34.8 Å². The van der Waals surface area contributed by atoms with E-state index in [1.54, 1.807) is 0 Å². The van der Waals surface area contributed by atoms with E-state index in [4.69, 9.17) is 4.98 Å². The van der Waals surface area contributed by atoms with Crippen molar-refractivity contribution in [3.05, 3.63) is 49.1 Å². The van der Waals surface area contributed by atoms with E-state index in [0.717, 1.165) is 59.9 Å². The Bertz CT molecular complexity index is 1140. The number of pyridine rings is 2. The number of hydrogen-bond acceptors (Lipinski definition) is 6. The Hall–Kier alpha value is -3.26. The zero-order chi connectivity index (χ0) is 20.3. The minimum Gasteiger partial charge on any atom is -0.366 e. The maximum atomic E-state index is 4.83. The van der Waals surface area contributed by atoms with E-state index in [9.17, 15) is 0 Å². The first-order valence-electron chi connectivity index (χ1n) is 10.6. The maximum absolute atomic E-state index is 4.83. The normalized spacial score (nSPS) is 17.2. The summed E-state index contributed by atoms with van der Waals surface area (Å²) in [6.45, 7) is 4.97. The van der Waals surface area contributed by atoms with Gasteiger partial charge in [-0.3, -0.25) is 9.67 Å². The summed E-state index contributed by atoms with van der Waals surface area (Å²) in [6.07, 6.45) is 11.2. The minimum absolute atomic E-state index is 0.399. The highest BCUT2D eigenvalue weighted by atomic mass is 15.3. The average Bonchev–Trinajstić information content (AvgIpc) is 3.35. The van der Waals surface area contributed by atoms with Crippen LogP contribution in [0.5, 0.6) is 0 Å². The van der Waals surface area contributed by atoms with Crippen molar-refractivity contribution < 1.29 is 0 Å². The molecule has 30 heavy (non-hydrogen) atoms. The molecule has 0 saturated carbocycles. The van der Waals surface area contributed by atoms with Gasteiger partial charge in [0.2, 0.25) is 0 Å². The van der Waals surface area contributed by atoms with Crippen molar-refractivity contribution in [3.63, 3.8) is 0 Å². The van der Waals surface area contributed by atoms with E-state index >= 15 is 0 Å². The second-order valence-electron chi connectivity index (χ2n) is 7.69. The van der Waals surface area contributed by atoms with Gasteiger partial charge in [-0.15, -0.1) is 0 Å². The number of nitrogens with one attached hydrogen (secondary N) is 2. The van der Waals surface area contributed by atoms with Crippen molar-refractivity contribution in [2.24, 2.45) is 0 Å². The molecule has 5 rings (SSSR count). The quantitative estimate of drug-likeness (QED) is 0.533. The number of aryl methyl sites for hydroxylation is 1. The molecule has 154 valence electrons. The molecule has 5 heterocycles. The number of hydrogen-bond donors (Lipinski definition) is 2. The van der Waals surface area contributed by atoms with Gasteiger partial charge in [0.1, 0.15) is 5.82 Å². The fourth-order valence-electron chi connectivity index (χ4n) is 3.90. The lowest BCUT2D eigenvalue weighted by atomic mass is 10.1. The van der Waals surface area contributed by atoms with Crippen molar-refractivity contribution in [3.8, 4) is 17.1 Å². The molecule has 0 bridgehead atoms. The van der Waals surface area contributed by atoms with Gasteiger partial charge in [-0.1, -0.05) is 12.5 Å². The van der Waals surface area contributed by atoms with E-state index in [1.807, 2.05) is 52.4 Å². The molecule has 0 aromatic carbocycles. The van der Waals surface area contributed by atoms with Gasteiger partial charge in [-0.05, 0) is 44.5 Å². The molecule has 1 atom stereocenters. The molecule has 4 aromatic rings. The number of nitrogens with zero attached hydrogens (tertiary/aromatic N) is 6. The van der Waals surface area contributed by atoms with Crippen molar-refractivity contribution in [2.45, 2.75) is 38.8 Å². The molecule has 1 fully saturated rings. The Morgan fingerprint density at radius 3 is 3.03 bits per heavy atom. The summed E-state index contributed by atoms with van der Waals surface area (Å²) >= 11 is 0. The lowest BCUT2D eigenvalue weighted by molar-refractivity contribution is 0.633. The Labute approximate surface area is 175 Å². The van der Waals surface area contributed by atoms with Crippen LogP contribution in [0.3, 0.4) is 0 Å². The summed E-state index contributed by atoms with van der Waals surface area (Å²) in [7, 11) is 0. The lowest BCUT2D eigenvalue weighted by Crippen LogP contribution is -2.31. The zero-order valence-corrected chi connectivity index (χ0v) is 17.1. The molecule has 0 aliphatic carbocycles. The van der Waals surface area contributed by atoms with Crippen LogP contribution in [0.4, 0.5) is 5.82 Å². The third-order valence-electron chi connectivity index (χ3n) is 5.56. The Kier molecular flexibility index (Phi) is 5.15. The van der Waals surface area contributed by atoms with Gasteiger partial charge >= 0.3 is 0 Å². The van der Waals surface area contributed by atoms with E-state index in [2.05, 4.69) is 38.8 Å². The summed E-state index contributed by atoms with van der Waals surface area (Å²) < 4.78 is 3.78. The van der Waals surface area contributed by atoms with Gasteiger partial charge < -0.3 is 10.6 Å². The maximum Gasteiger partial charge on any atom is 0.156 e. The summed E-state index contributed by atoms with van der Waals surface area (Å²) in [5, 5.41) is 17.0. The van der Waals surface area contributed by atoms with Crippen molar-refractivity contribution >= 4 is 16.7 Å². The molecule has 1 aliphatic rings. The minimum atomic E-state index is 0.399. The van der Waals surface area contributed by atoms with Gasteiger partial charge in [-0.2, -0.15) is 10.2 Å². The highest BCUT2D eigenvalue weighted by Gasteiger charge is 2.14. The summed E-state index contributed by atoms with van der Waals surface area (Å²) in [5.41, 5.74) is 2.85. The van der Waals surface area contributed by atoms with Crippen molar-refractivity contribution in [2.75, 3.05) is 18.4 Å². The Morgan fingerprint density at radius 2 is 2.13 bits per heavy atom. The third-order valence-corrected chi connectivity index (χ3v) is 5.56. The first-order chi connectivity index (χ1) is 14.8. The van der Waals surface area contributed by atoms with Gasteiger partial charge in [0.15, 0.2) is 5.82 Å². The standard InChI is InChI=1S/C22H26N8/c1-2-29-15-17(13-25-29)19-10-20-16(11-24-19)12-26-30(20)22-8-5-7-21(28-22)27-18-6-3-4-9-23-14-18/h5,7-8,10-13,15,18,23H,2-4,6,9,14H2,1H3,(H,27,28)/t18-/m0/s1. The van der Waals surface area contributed by atoms with E-state index in [-0.39, 0.29) is 0 Å². The second-order valence-corrected chi connectivity index (χ2v) is 7.69. The van der Waals surface area contributed by atoms with Gasteiger partial charge in [0, 0.05) is 42.5 Å². The van der Waals surface area contributed by atoms with Crippen LogP contribution in [0, 0.1) is 0 Å².